The first-order valence-electron chi connectivity index (χ1n) is 8.42. The Bertz CT molecular complexity index is 708. The molecule has 1 aromatic heterocycles. The number of hydrogen-bond donors (Lipinski definition) is 0. The Balaban J connectivity index is 1.59. The Morgan fingerprint density at radius 3 is 2.75 bits per heavy atom. The number of carbonyl (C=O) groups is 1. The second-order valence-corrected chi connectivity index (χ2v) is 6.80. The van der Waals surface area contributed by atoms with E-state index >= 15 is 0 Å². The summed E-state index contributed by atoms with van der Waals surface area (Å²) < 4.78 is 7.82. The van der Waals surface area contributed by atoms with Gasteiger partial charge in [0.05, 0.1) is 12.8 Å². The minimum atomic E-state index is -0.362. The molecule has 2 heterocycles. The maximum absolute atomic E-state index is 12.4. The highest BCUT2D eigenvalue weighted by atomic mass is 16.5. The van der Waals surface area contributed by atoms with Crippen molar-refractivity contribution in [2.45, 2.75) is 25.9 Å². The number of aromatic nitrogens is 2. The van der Waals surface area contributed by atoms with Crippen molar-refractivity contribution in [1.82, 2.24) is 14.7 Å². The lowest BCUT2D eigenvalue weighted by molar-refractivity contribution is -0.102. The van der Waals surface area contributed by atoms with E-state index in [2.05, 4.69) is 16.9 Å². The van der Waals surface area contributed by atoms with E-state index in [4.69, 9.17) is 4.74 Å². The molecule has 1 aliphatic heterocycles. The predicted molar refractivity (Wildman–Crippen MR) is 93.1 cm³/mol. The van der Waals surface area contributed by atoms with Gasteiger partial charge in [0.15, 0.2) is 5.78 Å². The number of morpholine rings is 1. The fourth-order valence-electron chi connectivity index (χ4n) is 3.15. The summed E-state index contributed by atoms with van der Waals surface area (Å²) in [5, 5.41) is 4.25. The minimum absolute atomic E-state index is 0.199. The summed E-state index contributed by atoms with van der Waals surface area (Å²) in [5.74, 6) is 0.199. The highest BCUT2D eigenvalue weighted by Crippen LogP contribution is 2.29. The first kappa shape index (κ1) is 16.9. The lowest BCUT2D eigenvalue weighted by Crippen LogP contribution is -2.48. The molecule has 1 atom stereocenters. The number of aryl methyl sites for hydroxylation is 2. The van der Waals surface area contributed by atoms with Gasteiger partial charge in [0.2, 0.25) is 0 Å². The van der Waals surface area contributed by atoms with E-state index < -0.39 is 0 Å². The van der Waals surface area contributed by atoms with Gasteiger partial charge in [-0.1, -0.05) is 29.8 Å². The van der Waals surface area contributed by atoms with Crippen LogP contribution in [-0.2, 0) is 17.4 Å². The van der Waals surface area contributed by atoms with Gasteiger partial charge in [-0.05, 0) is 13.8 Å². The zero-order valence-electron chi connectivity index (χ0n) is 14.7. The molecule has 0 radical (unpaired) electrons. The zero-order chi connectivity index (χ0) is 17.2. The van der Waals surface area contributed by atoms with E-state index in [1.807, 2.05) is 50.6 Å². The van der Waals surface area contributed by atoms with Gasteiger partial charge in [-0.3, -0.25) is 14.4 Å². The molecule has 5 heteroatoms. The van der Waals surface area contributed by atoms with Gasteiger partial charge in [0.25, 0.3) is 0 Å². The van der Waals surface area contributed by atoms with Crippen molar-refractivity contribution < 1.29 is 9.53 Å². The smallest absolute Gasteiger partial charge is 0.164 e. The number of benzene rings is 1. The molecule has 0 amide bonds. The molecule has 1 aromatic carbocycles. The van der Waals surface area contributed by atoms with Crippen molar-refractivity contribution in [3.63, 3.8) is 0 Å². The highest BCUT2D eigenvalue weighted by molar-refractivity contribution is 5.96. The molecule has 0 N–H and O–H groups in total. The average molecular weight is 327 g/mol. The van der Waals surface area contributed by atoms with Gasteiger partial charge in [-0.15, -0.1) is 0 Å². The number of rotatable bonds is 5. The van der Waals surface area contributed by atoms with Crippen molar-refractivity contribution in [2.75, 3.05) is 26.2 Å². The van der Waals surface area contributed by atoms with Gasteiger partial charge < -0.3 is 4.74 Å². The maximum Gasteiger partial charge on any atom is 0.164 e. The van der Waals surface area contributed by atoms with E-state index in [-0.39, 0.29) is 11.4 Å². The summed E-state index contributed by atoms with van der Waals surface area (Å²) in [7, 11) is 1.91. The number of Topliss-reactive ketones (excluding diaryl/α,β-unsaturated/α-hetero) is 1. The Labute approximate surface area is 143 Å². The molecule has 128 valence electrons. The summed E-state index contributed by atoms with van der Waals surface area (Å²) in [6, 6.07) is 7.80. The fourth-order valence-corrected chi connectivity index (χ4v) is 3.15. The number of hydrogen-bond acceptors (Lipinski definition) is 4. The largest absolute Gasteiger partial charge is 0.368 e. The second kappa shape index (κ2) is 6.87. The molecule has 1 aliphatic rings. The van der Waals surface area contributed by atoms with E-state index in [1.165, 1.54) is 5.56 Å². The van der Waals surface area contributed by atoms with E-state index in [0.29, 0.717) is 13.0 Å². The molecule has 1 saturated heterocycles. The Hall–Kier alpha value is -1.98. The van der Waals surface area contributed by atoms with Crippen LogP contribution in [0.15, 0.2) is 36.7 Å². The molecule has 1 fully saturated rings. The summed E-state index contributed by atoms with van der Waals surface area (Å²) in [6.07, 6.45) is 4.40. The average Bonchev–Trinajstić information content (AvgIpc) is 3.01. The van der Waals surface area contributed by atoms with E-state index in [9.17, 15) is 4.79 Å². The van der Waals surface area contributed by atoms with Gasteiger partial charge in [0.1, 0.15) is 5.60 Å². The SMILES string of the molecule is Cc1ccc(C(=O)CCN2CCOC(C)(c3cnn(C)c3)C2)cc1. The third-order valence-electron chi connectivity index (χ3n) is 4.70. The van der Waals surface area contributed by atoms with Crippen LogP contribution in [0.2, 0.25) is 0 Å². The normalized spacial score (nSPS) is 21.8. The first-order valence-corrected chi connectivity index (χ1v) is 8.42. The van der Waals surface area contributed by atoms with Crippen LogP contribution in [-0.4, -0.2) is 46.7 Å². The van der Waals surface area contributed by atoms with Crippen molar-refractivity contribution in [3.8, 4) is 0 Å². The summed E-state index contributed by atoms with van der Waals surface area (Å²) >= 11 is 0. The predicted octanol–water partition coefficient (Wildman–Crippen LogP) is 2.55. The molecule has 5 nitrogen and oxygen atoms in total. The van der Waals surface area contributed by atoms with Crippen LogP contribution in [0.1, 0.15) is 34.8 Å². The molecule has 1 unspecified atom stereocenters. The van der Waals surface area contributed by atoms with Crippen LogP contribution in [0.3, 0.4) is 0 Å². The van der Waals surface area contributed by atoms with Crippen molar-refractivity contribution >= 4 is 5.78 Å². The van der Waals surface area contributed by atoms with Gasteiger partial charge >= 0.3 is 0 Å². The van der Waals surface area contributed by atoms with E-state index in [1.54, 1.807) is 4.68 Å². The van der Waals surface area contributed by atoms with Crippen LogP contribution in [0, 0.1) is 6.92 Å². The molecule has 0 aliphatic carbocycles. The molecule has 2 aromatic rings. The van der Waals surface area contributed by atoms with Crippen molar-refractivity contribution in [1.29, 1.82) is 0 Å². The van der Waals surface area contributed by atoms with Crippen LogP contribution >= 0.6 is 0 Å². The van der Waals surface area contributed by atoms with Crippen molar-refractivity contribution in [2.24, 2.45) is 7.05 Å². The van der Waals surface area contributed by atoms with Crippen molar-refractivity contribution in [3.05, 3.63) is 53.3 Å². The number of carbonyl (C=O) groups excluding carboxylic acids is 1. The Morgan fingerprint density at radius 2 is 2.08 bits per heavy atom. The van der Waals surface area contributed by atoms with Crippen LogP contribution < -0.4 is 0 Å². The molecule has 0 bridgehead atoms. The topological polar surface area (TPSA) is 47.4 Å². The molecular weight excluding hydrogens is 302 g/mol. The molecule has 3 rings (SSSR count). The van der Waals surface area contributed by atoms with Crippen LogP contribution in [0.4, 0.5) is 0 Å². The van der Waals surface area contributed by atoms with Gasteiger partial charge in [-0.25, -0.2) is 0 Å². The second-order valence-electron chi connectivity index (χ2n) is 6.80. The molecule has 0 saturated carbocycles. The van der Waals surface area contributed by atoms with Gasteiger partial charge in [-0.2, -0.15) is 5.10 Å². The molecule has 0 spiro atoms. The summed E-state index contributed by atoms with van der Waals surface area (Å²) in [4.78, 5) is 14.7. The third-order valence-corrected chi connectivity index (χ3v) is 4.70. The van der Waals surface area contributed by atoms with Crippen LogP contribution in [0.5, 0.6) is 0 Å². The fraction of sp³-hybridized carbons (Fsp3) is 0.474. The number of ketones is 1. The Morgan fingerprint density at radius 1 is 1.33 bits per heavy atom. The van der Waals surface area contributed by atoms with Gasteiger partial charge in [0, 0.05) is 50.4 Å². The maximum atomic E-state index is 12.4. The molecule has 24 heavy (non-hydrogen) atoms. The summed E-state index contributed by atoms with van der Waals surface area (Å²) in [5.41, 5.74) is 2.69. The Kier molecular flexibility index (Phi) is 4.83. The summed E-state index contributed by atoms with van der Waals surface area (Å²) in [6.45, 7) is 7.19. The third kappa shape index (κ3) is 3.74. The number of nitrogens with zero attached hydrogens (tertiary/aromatic N) is 3. The lowest BCUT2D eigenvalue weighted by Gasteiger charge is -2.40. The van der Waals surface area contributed by atoms with Crippen LogP contribution in [0.25, 0.3) is 0 Å². The minimum Gasteiger partial charge on any atom is -0.368 e. The quantitative estimate of drug-likeness (QED) is 0.792. The zero-order valence-corrected chi connectivity index (χ0v) is 14.7. The highest BCUT2D eigenvalue weighted by Gasteiger charge is 2.34. The molecular formula is C19H25N3O2. The van der Waals surface area contributed by atoms with E-state index in [0.717, 1.165) is 30.8 Å². The standard InChI is InChI=1S/C19H25N3O2/c1-15-4-6-16(7-5-15)18(23)8-9-22-10-11-24-19(2,14-22)17-12-20-21(3)13-17/h4-7,12-13H,8-11,14H2,1-3H3. The number of ether oxygens (including phenoxy) is 1. The first-order chi connectivity index (χ1) is 11.5. The monoisotopic (exact) mass is 327 g/mol. The lowest BCUT2D eigenvalue weighted by atomic mass is 9.96.